The van der Waals surface area contributed by atoms with Gasteiger partial charge in [0.15, 0.2) is 0 Å². The first-order valence-corrected chi connectivity index (χ1v) is 4.55. The summed E-state index contributed by atoms with van der Waals surface area (Å²) in [6.45, 7) is 1.51. The number of hydrogen-bond acceptors (Lipinski definition) is 2. The first-order valence-electron chi connectivity index (χ1n) is 4.55. The number of aliphatic carboxylic acids is 1. The van der Waals surface area contributed by atoms with Gasteiger partial charge in [-0.1, -0.05) is 0 Å². The molecule has 1 N–H and O–H groups in total. The fourth-order valence-corrected chi connectivity index (χ4v) is 2.46. The summed E-state index contributed by atoms with van der Waals surface area (Å²) in [4.78, 5) is 10.8. The molecule has 1 spiro atoms. The number of rotatable bonds is 1. The molecule has 1 unspecified atom stereocenters. The predicted molar refractivity (Wildman–Crippen MR) is 42.8 cm³/mol. The van der Waals surface area contributed by atoms with E-state index >= 15 is 0 Å². The van der Waals surface area contributed by atoms with Crippen molar-refractivity contribution in [3.8, 4) is 0 Å². The maximum Gasteiger partial charge on any atom is 0.307 e. The molecule has 2 rings (SSSR count). The molecule has 0 aromatic rings. The first-order chi connectivity index (χ1) is 5.75. The average molecular weight is 170 g/mol. The van der Waals surface area contributed by atoms with Crippen LogP contribution in [0.2, 0.25) is 0 Å². The van der Waals surface area contributed by atoms with E-state index in [4.69, 9.17) is 9.84 Å². The maximum absolute atomic E-state index is 10.8. The highest BCUT2D eigenvalue weighted by Crippen LogP contribution is 2.53. The van der Waals surface area contributed by atoms with Crippen LogP contribution in [0.4, 0.5) is 0 Å². The van der Waals surface area contributed by atoms with Gasteiger partial charge in [0, 0.05) is 13.2 Å². The van der Waals surface area contributed by atoms with Gasteiger partial charge in [-0.15, -0.1) is 0 Å². The molecule has 2 aliphatic rings. The zero-order valence-corrected chi connectivity index (χ0v) is 7.08. The van der Waals surface area contributed by atoms with E-state index in [2.05, 4.69) is 0 Å². The lowest BCUT2D eigenvalue weighted by molar-refractivity contribution is -0.161. The molecule has 0 bridgehead atoms. The fourth-order valence-electron chi connectivity index (χ4n) is 2.46. The van der Waals surface area contributed by atoms with Crippen LogP contribution in [0.3, 0.4) is 0 Å². The van der Waals surface area contributed by atoms with Crippen LogP contribution in [0, 0.1) is 11.3 Å². The minimum absolute atomic E-state index is 0.0820. The molecule has 0 aromatic carbocycles. The monoisotopic (exact) mass is 170 g/mol. The molecular weight excluding hydrogens is 156 g/mol. The second-order valence-corrected chi connectivity index (χ2v) is 3.90. The van der Waals surface area contributed by atoms with Crippen molar-refractivity contribution in [3.05, 3.63) is 0 Å². The SMILES string of the molecule is O=C(O)C1CCC12CCOCC2. The molecule has 1 aliphatic carbocycles. The third-order valence-electron chi connectivity index (χ3n) is 3.46. The van der Waals surface area contributed by atoms with Crippen molar-refractivity contribution in [2.75, 3.05) is 13.2 Å². The highest BCUT2D eigenvalue weighted by atomic mass is 16.5. The Kier molecular flexibility index (Phi) is 1.83. The number of hydrogen-bond donors (Lipinski definition) is 1. The quantitative estimate of drug-likeness (QED) is 0.644. The van der Waals surface area contributed by atoms with E-state index in [0.717, 1.165) is 38.9 Å². The lowest BCUT2D eigenvalue weighted by Crippen LogP contribution is -2.48. The summed E-state index contributed by atoms with van der Waals surface area (Å²) in [5.74, 6) is -0.690. The lowest BCUT2D eigenvalue weighted by Gasteiger charge is -2.49. The standard InChI is InChI=1S/C9H14O3/c10-8(11)7-1-2-9(7)3-5-12-6-4-9/h7H,1-6H2,(H,10,11). The molecule has 1 atom stereocenters. The Bertz CT molecular complexity index is 194. The fraction of sp³-hybridized carbons (Fsp3) is 0.889. The number of carbonyl (C=O) groups is 1. The van der Waals surface area contributed by atoms with Crippen molar-refractivity contribution in [2.45, 2.75) is 25.7 Å². The third kappa shape index (κ3) is 1.04. The number of carboxylic acids is 1. The van der Waals surface area contributed by atoms with Gasteiger partial charge in [-0.3, -0.25) is 4.79 Å². The van der Waals surface area contributed by atoms with Crippen LogP contribution in [-0.2, 0) is 9.53 Å². The maximum atomic E-state index is 10.8. The normalized spacial score (nSPS) is 32.8. The second-order valence-electron chi connectivity index (χ2n) is 3.90. The van der Waals surface area contributed by atoms with E-state index < -0.39 is 5.97 Å². The molecule has 3 nitrogen and oxygen atoms in total. The van der Waals surface area contributed by atoms with Crippen LogP contribution < -0.4 is 0 Å². The summed E-state index contributed by atoms with van der Waals surface area (Å²) in [6.07, 6.45) is 3.86. The number of carboxylic acid groups (broad SMARTS) is 1. The minimum atomic E-state index is -0.608. The molecule has 0 aromatic heterocycles. The van der Waals surface area contributed by atoms with Crippen molar-refractivity contribution >= 4 is 5.97 Å². The topological polar surface area (TPSA) is 46.5 Å². The Morgan fingerprint density at radius 1 is 1.33 bits per heavy atom. The van der Waals surface area contributed by atoms with E-state index in [-0.39, 0.29) is 11.3 Å². The molecule has 2 fully saturated rings. The van der Waals surface area contributed by atoms with Gasteiger partial charge < -0.3 is 9.84 Å². The molecule has 3 heteroatoms. The third-order valence-corrected chi connectivity index (χ3v) is 3.46. The Labute approximate surface area is 71.7 Å². The van der Waals surface area contributed by atoms with E-state index in [1.807, 2.05) is 0 Å². The molecule has 1 saturated heterocycles. The van der Waals surface area contributed by atoms with Gasteiger partial charge in [0.25, 0.3) is 0 Å². The Morgan fingerprint density at radius 2 is 2.00 bits per heavy atom. The van der Waals surface area contributed by atoms with Crippen molar-refractivity contribution in [2.24, 2.45) is 11.3 Å². The molecule has 1 heterocycles. The van der Waals surface area contributed by atoms with Gasteiger partial charge in [0.1, 0.15) is 0 Å². The van der Waals surface area contributed by atoms with Crippen molar-refractivity contribution in [1.82, 2.24) is 0 Å². The van der Waals surface area contributed by atoms with Gasteiger partial charge in [-0.2, -0.15) is 0 Å². The van der Waals surface area contributed by atoms with Crippen molar-refractivity contribution in [3.63, 3.8) is 0 Å². The first kappa shape index (κ1) is 8.05. The highest BCUT2D eigenvalue weighted by Gasteiger charge is 2.50. The van der Waals surface area contributed by atoms with Crippen molar-refractivity contribution < 1.29 is 14.6 Å². The summed E-state index contributed by atoms with van der Waals surface area (Å²) >= 11 is 0. The summed E-state index contributed by atoms with van der Waals surface area (Å²) in [6, 6.07) is 0. The van der Waals surface area contributed by atoms with Crippen LogP contribution in [0.5, 0.6) is 0 Å². The van der Waals surface area contributed by atoms with Crippen LogP contribution in [0.15, 0.2) is 0 Å². The Balaban J connectivity index is 2.05. The summed E-state index contributed by atoms with van der Waals surface area (Å²) in [5, 5.41) is 8.91. The van der Waals surface area contributed by atoms with Crippen LogP contribution >= 0.6 is 0 Å². The zero-order valence-electron chi connectivity index (χ0n) is 7.08. The Morgan fingerprint density at radius 3 is 2.42 bits per heavy atom. The van der Waals surface area contributed by atoms with E-state index in [0.29, 0.717) is 0 Å². The summed E-state index contributed by atoms with van der Waals surface area (Å²) in [5.41, 5.74) is 0.115. The van der Waals surface area contributed by atoms with Crippen LogP contribution in [-0.4, -0.2) is 24.3 Å². The molecule has 1 saturated carbocycles. The zero-order chi connectivity index (χ0) is 8.60. The van der Waals surface area contributed by atoms with E-state index in [9.17, 15) is 4.79 Å². The van der Waals surface area contributed by atoms with Crippen molar-refractivity contribution in [1.29, 1.82) is 0 Å². The molecule has 0 amide bonds. The van der Waals surface area contributed by atoms with Gasteiger partial charge in [0.05, 0.1) is 5.92 Å². The molecule has 0 radical (unpaired) electrons. The largest absolute Gasteiger partial charge is 0.481 e. The summed E-state index contributed by atoms with van der Waals surface area (Å²) < 4.78 is 5.24. The Hall–Kier alpha value is -0.570. The summed E-state index contributed by atoms with van der Waals surface area (Å²) in [7, 11) is 0. The van der Waals surface area contributed by atoms with Gasteiger partial charge >= 0.3 is 5.97 Å². The smallest absolute Gasteiger partial charge is 0.307 e. The average Bonchev–Trinajstić information content (AvgIpc) is 2.03. The molecule has 1 aliphatic heterocycles. The minimum Gasteiger partial charge on any atom is -0.481 e. The lowest BCUT2D eigenvalue weighted by atomic mass is 9.56. The van der Waals surface area contributed by atoms with Gasteiger partial charge in [0.2, 0.25) is 0 Å². The van der Waals surface area contributed by atoms with Gasteiger partial charge in [-0.05, 0) is 31.1 Å². The predicted octanol–water partition coefficient (Wildman–Crippen LogP) is 1.28. The number of ether oxygens (including phenoxy) is 1. The highest BCUT2D eigenvalue weighted by molar-refractivity contribution is 5.72. The second kappa shape index (κ2) is 2.73. The van der Waals surface area contributed by atoms with Crippen LogP contribution in [0.25, 0.3) is 0 Å². The van der Waals surface area contributed by atoms with E-state index in [1.54, 1.807) is 0 Å². The van der Waals surface area contributed by atoms with E-state index in [1.165, 1.54) is 0 Å². The molecule has 68 valence electrons. The molecule has 12 heavy (non-hydrogen) atoms. The van der Waals surface area contributed by atoms with Crippen LogP contribution in [0.1, 0.15) is 25.7 Å². The van der Waals surface area contributed by atoms with Gasteiger partial charge in [-0.25, -0.2) is 0 Å². The molecular formula is C9H14O3.